The Labute approximate surface area is 200 Å². The predicted octanol–water partition coefficient (Wildman–Crippen LogP) is 6.33. The zero-order chi connectivity index (χ0) is 26.3. The number of benzene rings is 2. The fourth-order valence-electron chi connectivity index (χ4n) is 3.81. The summed E-state index contributed by atoms with van der Waals surface area (Å²) in [5.74, 6) is -0.954. The summed E-state index contributed by atoms with van der Waals surface area (Å²) < 4.78 is 81.0. The first-order chi connectivity index (χ1) is 16.2. The molecule has 1 unspecified atom stereocenters. The van der Waals surface area contributed by atoms with Crippen molar-refractivity contribution in [3.63, 3.8) is 0 Å². The van der Waals surface area contributed by atoms with Crippen molar-refractivity contribution in [2.45, 2.75) is 45.7 Å². The Morgan fingerprint density at radius 2 is 1.60 bits per heavy atom. The van der Waals surface area contributed by atoms with E-state index in [0.717, 1.165) is 4.90 Å². The molecule has 1 heterocycles. The molecule has 2 aromatic carbocycles. The minimum absolute atomic E-state index is 0.0418. The number of aromatic nitrogens is 2. The van der Waals surface area contributed by atoms with Crippen LogP contribution in [0.15, 0.2) is 41.2 Å². The number of rotatable bonds is 5. The largest absolute Gasteiger partial charge is 0.416 e. The molecule has 3 rings (SSSR count). The van der Waals surface area contributed by atoms with Crippen LogP contribution in [0.1, 0.15) is 54.1 Å². The first kappa shape index (κ1) is 26.5. The van der Waals surface area contributed by atoms with Crippen molar-refractivity contribution in [2.24, 2.45) is 0 Å². The number of fused-ring (bicyclic) bond motifs is 1. The Balaban J connectivity index is 2.15. The lowest BCUT2D eigenvalue weighted by Gasteiger charge is -2.30. The molecule has 0 radical (unpaired) electrons. The number of hydrogen-bond acceptors (Lipinski definition) is 3. The molecule has 0 aliphatic heterocycles. The molecule has 0 spiro atoms. The molecule has 188 valence electrons. The second-order valence-corrected chi connectivity index (χ2v) is 8.18. The van der Waals surface area contributed by atoms with Crippen molar-refractivity contribution in [3.8, 4) is 0 Å². The van der Waals surface area contributed by atoms with E-state index >= 15 is 0 Å². The minimum atomic E-state index is -5.10. The smallest absolute Gasteiger partial charge is 0.329 e. The van der Waals surface area contributed by atoms with E-state index in [2.05, 4.69) is 4.98 Å². The van der Waals surface area contributed by atoms with Crippen molar-refractivity contribution in [1.82, 2.24) is 14.5 Å². The number of nitrogens with zero attached hydrogens (tertiary/aromatic N) is 3. The second kappa shape index (κ2) is 9.52. The van der Waals surface area contributed by atoms with Crippen molar-refractivity contribution >= 4 is 28.4 Å². The molecule has 1 atom stereocenters. The molecule has 12 heteroatoms. The monoisotopic (exact) mass is 519 g/mol. The van der Waals surface area contributed by atoms with Gasteiger partial charge in [0.25, 0.3) is 11.5 Å². The lowest BCUT2D eigenvalue weighted by Crippen LogP contribution is -2.37. The van der Waals surface area contributed by atoms with Gasteiger partial charge in [-0.15, -0.1) is 0 Å². The maximum atomic E-state index is 13.3. The van der Waals surface area contributed by atoms with Gasteiger partial charge in [0.1, 0.15) is 5.82 Å². The molecule has 0 N–H and O–H groups in total. The Kier molecular flexibility index (Phi) is 7.21. The van der Waals surface area contributed by atoms with Gasteiger partial charge in [-0.2, -0.15) is 26.3 Å². The van der Waals surface area contributed by atoms with Gasteiger partial charge in [0.2, 0.25) is 0 Å². The average Bonchev–Trinajstić information content (AvgIpc) is 2.77. The molecule has 35 heavy (non-hydrogen) atoms. The predicted molar refractivity (Wildman–Crippen MR) is 118 cm³/mol. The second-order valence-electron chi connectivity index (χ2n) is 7.74. The minimum Gasteiger partial charge on any atom is -0.329 e. The van der Waals surface area contributed by atoms with Crippen LogP contribution in [0.25, 0.3) is 10.9 Å². The van der Waals surface area contributed by atoms with Crippen LogP contribution in [0, 0.1) is 0 Å². The van der Waals surface area contributed by atoms with Gasteiger partial charge in [-0.05, 0) is 57.2 Å². The molecule has 0 aliphatic rings. The summed E-state index contributed by atoms with van der Waals surface area (Å²) in [5.41, 5.74) is -4.14. The van der Waals surface area contributed by atoms with Gasteiger partial charge >= 0.3 is 12.4 Å². The van der Waals surface area contributed by atoms with E-state index < -0.39 is 46.6 Å². The molecule has 1 aromatic heterocycles. The van der Waals surface area contributed by atoms with Gasteiger partial charge in [-0.3, -0.25) is 14.2 Å². The van der Waals surface area contributed by atoms with Crippen LogP contribution in [0.5, 0.6) is 0 Å². The van der Waals surface area contributed by atoms with Crippen LogP contribution in [0.2, 0.25) is 5.02 Å². The maximum absolute atomic E-state index is 13.3. The zero-order valence-electron chi connectivity index (χ0n) is 18.8. The van der Waals surface area contributed by atoms with Crippen molar-refractivity contribution in [1.29, 1.82) is 0 Å². The third kappa shape index (κ3) is 5.29. The van der Waals surface area contributed by atoms with E-state index in [4.69, 9.17) is 11.6 Å². The number of alkyl halides is 6. The van der Waals surface area contributed by atoms with Crippen molar-refractivity contribution < 1.29 is 31.1 Å². The van der Waals surface area contributed by atoms with Gasteiger partial charge in [0.05, 0.1) is 28.1 Å². The fourth-order valence-corrected chi connectivity index (χ4v) is 3.98. The van der Waals surface area contributed by atoms with E-state index in [0.29, 0.717) is 17.2 Å². The molecule has 1 amide bonds. The molecular weight excluding hydrogens is 500 g/mol. The molecule has 0 saturated carbocycles. The molecule has 0 bridgehead atoms. The summed E-state index contributed by atoms with van der Waals surface area (Å²) in [5, 5.41) is 0.582. The number of carbonyl (C=O) groups excluding carboxylic acids is 1. The molecule has 3 aromatic rings. The lowest BCUT2D eigenvalue weighted by atomic mass is 10.0. The summed E-state index contributed by atoms with van der Waals surface area (Å²) in [4.78, 5) is 31.7. The highest BCUT2D eigenvalue weighted by atomic mass is 35.5. The normalized spacial score (nSPS) is 13.2. The fraction of sp³-hybridized carbons (Fsp3) is 0.348. The molecule has 0 aliphatic carbocycles. The average molecular weight is 520 g/mol. The topological polar surface area (TPSA) is 55.2 Å². The van der Waals surface area contributed by atoms with Crippen LogP contribution in [0.3, 0.4) is 0 Å². The lowest BCUT2D eigenvalue weighted by molar-refractivity contribution is -0.143. The summed E-state index contributed by atoms with van der Waals surface area (Å²) in [6.07, 6.45) is -10.2. The first-order valence-electron chi connectivity index (χ1n) is 10.5. The third-order valence-electron chi connectivity index (χ3n) is 5.54. The molecule has 5 nitrogen and oxygen atoms in total. The van der Waals surface area contributed by atoms with Crippen LogP contribution < -0.4 is 5.56 Å². The molecule has 0 fully saturated rings. The van der Waals surface area contributed by atoms with Gasteiger partial charge < -0.3 is 4.90 Å². The Hall–Kier alpha value is -3.08. The van der Waals surface area contributed by atoms with E-state index in [-0.39, 0.29) is 35.9 Å². The van der Waals surface area contributed by atoms with Crippen LogP contribution >= 0.6 is 11.6 Å². The van der Waals surface area contributed by atoms with Crippen molar-refractivity contribution in [3.05, 3.63) is 74.3 Å². The number of hydrogen-bond donors (Lipinski definition) is 0. The third-order valence-corrected chi connectivity index (χ3v) is 5.78. The van der Waals surface area contributed by atoms with Gasteiger partial charge in [0.15, 0.2) is 0 Å². The Morgan fingerprint density at radius 1 is 1.03 bits per heavy atom. The van der Waals surface area contributed by atoms with E-state index in [1.165, 1.54) is 36.6 Å². The SMILES string of the molecule is CCN(C(=O)c1cc(C(F)(F)F)cc(C(F)(F)F)c1)C(C)c1nc2cc(Cl)ccc2c(=O)n1CC. The van der Waals surface area contributed by atoms with Crippen LogP contribution in [0.4, 0.5) is 26.3 Å². The number of amides is 1. The zero-order valence-corrected chi connectivity index (χ0v) is 19.5. The highest BCUT2D eigenvalue weighted by Gasteiger charge is 2.38. The van der Waals surface area contributed by atoms with Crippen molar-refractivity contribution in [2.75, 3.05) is 6.54 Å². The van der Waals surface area contributed by atoms with E-state index in [9.17, 15) is 35.9 Å². The summed E-state index contributed by atoms with van der Waals surface area (Å²) in [6, 6.07) is 4.23. The molecular formula is C23H20ClF6N3O2. The summed E-state index contributed by atoms with van der Waals surface area (Å²) in [7, 11) is 0. The van der Waals surface area contributed by atoms with E-state index in [1.807, 2.05) is 0 Å². The number of carbonyl (C=O) groups is 1. The quantitative estimate of drug-likeness (QED) is 0.370. The first-order valence-corrected chi connectivity index (χ1v) is 10.9. The Bertz CT molecular complexity index is 1300. The van der Waals surface area contributed by atoms with Gasteiger partial charge in [0, 0.05) is 23.7 Å². The number of halogens is 7. The van der Waals surface area contributed by atoms with Crippen LogP contribution in [-0.4, -0.2) is 26.9 Å². The highest BCUT2D eigenvalue weighted by molar-refractivity contribution is 6.31. The summed E-state index contributed by atoms with van der Waals surface area (Å²) >= 11 is 6.00. The summed E-state index contributed by atoms with van der Waals surface area (Å²) in [6.45, 7) is 4.76. The maximum Gasteiger partial charge on any atom is 0.416 e. The van der Waals surface area contributed by atoms with Crippen LogP contribution in [-0.2, 0) is 18.9 Å². The molecule has 0 saturated heterocycles. The Morgan fingerprint density at radius 3 is 2.09 bits per heavy atom. The van der Waals surface area contributed by atoms with E-state index in [1.54, 1.807) is 6.92 Å². The standard InChI is InChI=1S/C23H20ClF6N3O2/c1-4-32(20(34)13-8-14(22(25,26)27)10-15(9-13)23(28,29)30)12(3)19-31-18-11-16(24)6-7-17(18)21(35)33(19)5-2/h6-12H,4-5H2,1-3H3. The highest BCUT2D eigenvalue weighted by Crippen LogP contribution is 2.37. The van der Waals surface area contributed by atoms with Gasteiger partial charge in [-0.1, -0.05) is 11.6 Å². The van der Waals surface area contributed by atoms with Gasteiger partial charge in [-0.25, -0.2) is 4.98 Å².